The lowest BCUT2D eigenvalue weighted by atomic mass is 9.94. The molecule has 32 heteroatoms. The number of rotatable bonds is 11. The fourth-order valence-electron chi connectivity index (χ4n) is 9.46. The molecule has 0 aromatic heterocycles. The molecule has 22 heterocycles. The van der Waals surface area contributed by atoms with Gasteiger partial charge in [0, 0.05) is 0 Å². The summed E-state index contributed by atoms with van der Waals surface area (Å²) in [4.78, 5) is 4.50. The molecule has 72 heavy (non-hydrogen) atoms. The fourth-order valence-corrected chi connectivity index (χ4v) is 9.46. The summed E-state index contributed by atoms with van der Waals surface area (Å²) in [5.74, 6) is 5.08. The maximum Gasteiger partial charge on any atom is 0.187 e. The first-order valence-electron chi connectivity index (χ1n) is 23.0. The van der Waals surface area contributed by atoms with Crippen molar-refractivity contribution in [1.29, 1.82) is 0 Å². The summed E-state index contributed by atoms with van der Waals surface area (Å²) < 4.78 is 75.2. The standard InChI is InChI=1S/C40H67NO31/c41-60-4-2-1-3-59-34-27(58)40-66-16(10-47)33(34)72-39-26(57)21(52)31(14(8-45)65-39)70-37-24(55)19(50)29(12(6-43)63-37)68-35-22(53)17(48)28(11(5-42)61-35)67-36-23(54)18(49)30(13(7-44)62-36)69-38-25(56)20(51)32(71-40)15(9-46)64-38/h1-2,11-40,42-58H,3-10,41H2/b2-1+/t11-,12-,13-,14-,15-,16-,17-,18-,19-,20-,21-,22-,23-,24-,25-,26-,27-,28-,29-,30-,31-,32-,33+,34-,35-,36-,37-,38-,39-,40-/m1/s1. The second-order valence-electron chi connectivity index (χ2n) is 18.0. The molecule has 0 aromatic rings. The average Bonchev–Trinajstić information content (AvgIpc) is 3.37. The Hall–Kier alpha value is -1.54. The summed E-state index contributed by atoms with van der Waals surface area (Å²) in [6.45, 7) is -6.37. The van der Waals surface area contributed by atoms with Crippen LogP contribution in [0.3, 0.4) is 0 Å². The van der Waals surface area contributed by atoms with E-state index >= 15 is 0 Å². The zero-order chi connectivity index (χ0) is 52.3. The lowest BCUT2D eigenvalue weighted by Crippen LogP contribution is -2.69. The SMILES string of the molecule is NOC/C=C/CO[C@@H]1[C@@H](O)[C@H]2O[C@H]3[C@H](O)[C@@H](O)[C@@H](O[C@H]4[C@H](O)[C@@H](O)[C@@H](O[C@H]5[C@H](O)[C@@H](O)[C@@H](O[C@H]6[C@H](O)[C@@H](O)[C@@H](O[C@H]7[C@H](O)[C@@H](O)[C@@H](O[C@H]1[C@@H](CO)O2)O[C@@H]7CO)O[C@@H]6CO)O[C@@H]5CO)O[C@@H]4CO)O[C@@H]3CO. The van der Waals surface area contributed by atoms with E-state index in [1.54, 1.807) is 0 Å². The van der Waals surface area contributed by atoms with Gasteiger partial charge in [0.15, 0.2) is 37.7 Å². The molecule has 22 aliphatic heterocycles. The van der Waals surface area contributed by atoms with Crippen LogP contribution in [0.25, 0.3) is 0 Å². The molecule has 0 aromatic carbocycles. The number of nitrogens with two attached hydrogens (primary N) is 1. The van der Waals surface area contributed by atoms with Crippen molar-refractivity contribution in [2.75, 3.05) is 52.9 Å². The molecule has 418 valence electrons. The van der Waals surface area contributed by atoms with E-state index < -0.39 is 224 Å². The largest absolute Gasteiger partial charge is 0.394 e. The van der Waals surface area contributed by atoms with Crippen LogP contribution in [0, 0.1) is 0 Å². The van der Waals surface area contributed by atoms with E-state index in [0.717, 1.165) is 0 Å². The summed E-state index contributed by atoms with van der Waals surface area (Å²) in [6, 6.07) is 0. The highest BCUT2D eigenvalue weighted by molar-refractivity contribution is 5.01. The maximum absolute atomic E-state index is 11.8. The molecule has 30 atom stereocenters. The van der Waals surface area contributed by atoms with E-state index in [9.17, 15) is 86.8 Å². The third kappa shape index (κ3) is 12.0. The molecule has 32 nitrogen and oxygen atoms in total. The maximum atomic E-state index is 11.8. The Morgan fingerprint density at radius 3 is 0.764 bits per heavy atom. The van der Waals surface area contributed by atoms with Crippen molar-refractivity contribution in [3.63, 3.8) is 0 Å². The molecule has 22 fully saturated rings. The molecule has 22 aliphatic rings. The Morgan fingerprint density at radius 1 is 0.292 bits per heavy atom. The summed E-state index contributed by atoms with van der Waals surface area (Å²) in [5, 5.41) is 187. The second kappa shape index (κ2) is 25.7. The van der Waals surface area contributed by atoms with Gasteiger partial charge < -0.3 is 153 Å². The first-order chi connectivity index (χ1) is 34.5. The van der Waals surface area contributed by atoms with Gasteiger partial charge in [0.05, 0.1) is 52.9 Å². The smallest absolute Gasteiger partial charge is 0.187 e. The fraction of sp³-hybridized carbons (Fsp3) is 0.950. The molecular formula is C40H67NO31. The zero-order valence-electron chi connectivity index (χ0n) is 38.0. The highest BCUT2D eigenvalue weighted by Crippen LogP contribution is 2.38. The number of ether oxygens (including phenoxy) is 13. The molecule has 0 spiro atoms. The van der Waals surface area contributed by atoms with Crippen LogP contribution in [0.15, 0.2) is 12.2 Å². The van der Waals surface area contributed by atoms with Crippen molar-refractivity contribution in [3.8, 4) is 0 Å². The molecule has 0 saturated carbocycles. The first-order valence-corrected chi connectivity index (χ1v) is 23.0. The molecule has 0 amide bonds. The van der Waals surface area contributed by atoms with Crippen molar-refractivity contribution in [2.24, 2.45) is 5.90 Å². The monoisotopic (exact) mass is 1060 g/mol. The predicted octanol–water partition coefficient (Wildman–Crippen LogP) is -12.6. The van der Waals surface area contributed by atoms with Gasteiger partial charge in [-0.2, -0.15) is 0 Å². The number of hydrogen-bond donors (Lipinski definition) is 18. The van der Waals surface area contributed by atoms with Crippen LogP contribution in [-0.2, 0) is 66.4 Å². The average molecular weight is 1060 g/mol. The van der Waals surface area contributed by atoms with Crippen molar-refractivity contribution < 1.29 is 153 Å². The Kier molecular flexibility index (Phi) is 20.8. The number of aliphatic hydroxyl groups excluding tert-OH is 17. The summed E-state index contributed by atoms with van der Waals surface area (Å²) in [6.07, 6.45) is -54.8. The molecule has 19 N–H and O–H groups in total. The van der Waals surface area contributed by atoms with E-state index in [4.69, 9.17) is 67.5 Å². The number of aliphatic hydroxyl groups is 17. The lowest BCUT2D eigenvalue weighted by Gasteiger charge is -2.51. The summed E-state index contributed by atoms with van der Waals surface area (Å²) in [7, 11) is 0. The Labute approximate surface area is 408 Å². The van der Waals surface area contributed by atoms with Gasteiger partial charge in [-0.3, -0.25) is 0 Å². The van der Waals surface area contributed by atoms with Gasteiger partial charge in [-0.15, -0.1) is 0 Å². The molecule has 0 aliphatic carbocycles. The van der Waals surface area contributed by atoms with Crippen molar-refractivity contribution in [3.05, 3.63) is 12.2 Å². The van der Waals surface area contributed by atoms with Gasteiger partial charge in [0.1, 0.15) is 146 Å². The van der Waals surface area contributed by atoms with Crippen LogP contribution in [0.1, 0.15) is 0 Å². The van der Waals surface area contributed by atoms with Crippen molar-refractivity contribution >= 4 is 0 Å². The molecule has 22 saturated heterocycles. The molecule has 0 radical (unpaired) electrons. The first kappa shape index (κ1) is 58.1. The van der Waals surface area contributed by atoms with Crippen LogP contribution in [0.4, 0.5) is 0 Å². The lowest BCUT2D eigenvalue weighted by molar-refractivity contribution is -0.404. The minimum atomic E-state index is -2.15. The summed E-state index contributed by atoms with van der Waals surface area (Å²) in [5.41, 5.74) is 0. The van der Waals surface area contributed by atoms with Gasteiger partial charge in [-0.05, 0) is 0 Å². The minimum absolute atomic E-state index is 0.0812. The molecular weight excluding hydrogens is 990 g/mol. The predicted molar refractivity (Wildman–Crippen MR) is 219 cm³/mol. The van der Waals surface area contributed by atoms with Crippen LogP contribution in [0.5, 0.6) is 0 Å². The van der Waals surface area contributed by atoms with Crippen LogP contribution >= 0.6 is 0 Å². The van der Waals surface area contributed by atoms with Gasteiger partial charge in [0.25, 0.3) is 0 Å². The van der Waals surface area contributed by atoms with Gasteiger partial charge in [-0.1, -0.05) is 12.2 Å². The molecule has 22 rings (SSSR count). The van der Waals surface area contributed by atoms with Crippen molar-refractivity contribution in [1.82, 2.24) is 0 Å². The van der Waals surface area contributed by atoms with Gasteiger partial charge in [-0.25, -0.2) is 5.90 Å². The Morgan fingerprint density at radius 2 is 0.514 bits per heavy atom. The second-order valence-corrected chi connectivity index (χ2v) is 18.0. The Bertz CT molecular complexity index is 1670. The van der Waals surface area contributed by atoms with E-state index in [-0.39, 0.29) is 13.2 Å². The quantitative estimate of drug-likeness (QED) is 0.0675. The van der Waals surface area contributed by atoms with E-state index in [1.807, 2.05) is 0 Å². The molecule has 12 bridgehead atoms. The topological polar surface area (TPSA) is 499 Å². The van der Waals surface area contributed by atoms with Crippen LogP contribution < -0.4 is 5.90 Å². The zero-order valence-corrected chi connectivity index (χ0v) is 38.0. The van der Waals surface area contributed by atoms with E-state index in [2.05, 4.69) is 4.84 Å². The third-order valence-electron chi connectivity index (χ3n) is 13.4. The van der Waals surface area contributed by atoms with Crippen LogP contribution in [-0.4, -0.2) is 324 Å². The van der Waals surface area contributed by atoms with Gasteiger partial charge >= 0.3 is 0 Å². The van der Waals surface area contributed by atoms with Crippen molar-refractivity contribution in [2.45, 2.75) is 184 Å². The highest BCUT2D eigenvalue weighted by Gasteiger charge is 2.59. The summed E-state index contributed by atoms with van der Waals surface area (Å²) >= 11 is 0. The van der Waals surface area contributed by atoms with E-state index in [0.29, 0.717) is 0 Å². The van der Waals surface area contributed by atoms with Gasteiger partial charge in [0.2, 0.25) is 0 Å². The number of hydrogen-bond acceptors (Lipinski definition) is 32. The van der Waals surface area contributed by atoms with E-state index in [1.165, 1.54) is 12.2 Å². The molecule has 0 unspecified atom stereocenters. The normalized spacial score (nSPS) is 51.9. The Balaban J connectivity index is 1.22. The third-order valence-corrected chi connectivity index (χ3v) is 13.4. The van der Waals surface area contributed by atoms with Crippen LogP contribution in [0.2, 0.25) is 0 Å². The minimum Gasteiger partial charge on any atom is -0.394 e. The highest BCUT2D eigenvalue weighted by atomic mass is 16.8.